The van der Waals surface area contributed by atoms with Gasteiger partial charge in [-0.3, -0.25) is 9.59 Å². The Kier molecular flexibility index (Phi) is 4.78. The quantitative estimate of drug-likeness (QED) is 0.718. The number of hydrogen-bond acceptors (Lipinski definition) is 4. The fourth-order valence-electron chi connectivity index (χ4n) is 3.25. The number of piperazine rings is 1. The molecule has 0 N–H and O–H groups in total. The highest BCUT2D eigenvalue weighted by Crippen LogP contribution is 2.22. The van der Waals surface area contributed by atoms with E-state index >= 15 is 0 Å². The number of hydrogen-bond donors (Lipinski definition) is 0. The standard InChI is InChI=1S/C17H23FN4O2/c1-11(2)14-13(18)15(23)20-17(19-14)22-9-7-21(8-10-22)16(24)12-5-3-4-6-12/h3-4,11-13H,5-10H2,1-2H3. The number of guanidine groups is 1. The van der Waals surface area contributed by atoms with Crippen molar-refractivity contribution in [1.82, 2.24) is 9.80 Å². The van der Waals surface area contributed by atoms with E-state index in [-0.39, 0.29) is 29.4 Å². The van der Waals surface area contributed by atoms with Gasteiger partial charge in [0.05, 0.1) is 5.71 Å². The second-order valence-electron chi connectivity index (χ2n) is 6.76. The number of carbonyl (C=O) groups excluding carboxylic acids is 2. The molecule has 3 rings (SSSR count). The van der Waals surface area contributed by atoms with Gasteiger partial charge >= 0.3 is 0 Å². The summed E-state index contributed by atoms with van der Waals surface area (Å²) >= 11 is 0. The van der Waals surface area contributed by atoms with Gasteiger partial charge in [-0.15, -0.1) is 0 Å². The number of halogens is 1. The molecule has 0 radical (unpaired) electrons. The third-order valence-corrected chi connectivity index (χ3v) is 4.74. The summed E-state index contributed by atoms with van der Waals surface area (Å²) in [4.78, 5) is 36.0. The molecule has 0 aromatic rings. The third kappa shape index (κ3) is 3.25. The molecule has 1 unspecified atom stereocenters. The van der Waals surface area contributed by atoms with Crippen LogP contribution in [0.4, 0.5) is 4.39 Å². The van der Waals surface area contributed by atoms with Gasteiger partial charge in [0, 0.05) is 32.1 Å². The predicted octanol–water partition coefficient (Wildman–Crippen LogP) is 1.43. The van der Waals surface area contributed by atoms with Crippen LogP contribution in [0.5, 0.6) is 0 Å². The number of nitrogens with zero attached hydrogens (tertiary/aromatic N) is 4. The second kappa shape index (κ2) is 6.83. The topological polar surface area (TPSA) is 65.3 Å². The van der Waals surface area contributed by atoms with Crippen molar-refractivity contribution in [2.45, 2.75) is 32.9 Å². The molecule has 0 bridgehead atoms. The Balaban J connectivity index is 1.63. The van der Waals surface area contributed by atoms with Crippen LogP contribution in [0.2, 0.25) is 0 Å². The predicted molar refractivity (Wildman–Crippen MR) is 89.6 cm³/mol. The third-order valence-electron chi connectivity index (χ3n) is 4.74. The molecule has 1 fully saturated rings. The zero-order valence-corrected chi connectivity index (χ0v) is 14.1. The molecule has 0 aromatic heterocycles. The molecular formula is C17H23FN4O2. The molecule has 1 aliphatic carbocycles. The van der Waals surface area contributed by atoms with Crippen molar-refractivity contribution in [3.8, 4) is 0 Å². The first-order chi connectivity index (χ1) is 11.5. The molecule has 7 heteroatoms. The Labute approximate surface area is 141 Å². The van der Waals surface area contributed by atoms with Crippen molar-refractivity contribution in [1.29, 1.82) is 0 Å². The SMILES string of the molecule is CC(C)C1=NC(N2CCN(C(=O)C3CC=CC3)CC2)=NC(=O)C1F. The van der Waals surface area contributed by atoms with Gasteiger partial charge in [0.25, 0.3) is 5.91 Å². The van der Waals surface area contributed by atoms with Crippen molar-refractivity contribution < 1.29 is 14.0 Å². The lowest BCUT2D eigenvalue weighted by Gasteiger charge is -2.37. The molecule has 1 atom stereocenters. The Morgan fingerprint density at radius 3 is 2.38 bits per heavy atom. The van der Waals surface area contributed by atoms with Gasteiger partial charge in [-0.2, -0.15) is 4.99 Å². The summed E-state index contributed by atoms with van der Waals surface area (Å²) in [6.45, 7) is 5.90. The van der Waals surface area contributed by atoms with Crippen LogP contribution in [0.15, 0.2) is 22.1 Å². The fraction of sp³-hybridized carbons (Fsp3) is 0.647. The van der Waals surface area contributed by atoms with E-state index in [1.165, 1.54) is 0 Å². The van der Waals surface area contributed by atoms with Crippen LogP contribution in [0.25, 0.3) is 0 Å². The average Bonchev–Trinajstić information content (AvgIpc) is 3.11. The molecule has 3 aliphatic rings. The van der Waals surface area contributed by atoms with Crippen LogP contribution in [0, 0.1) is 11.8 Å². The molecule has 2 heterocycles. The molecule has 6 nitrogen and oxygen atoms in total. The molecule has 2 aliphatic heterocycles. The minimum absolute atomic E-state index is 0.0722. The maximum Gasteiger partial charge on any atom is 0.289 e. The van der Waals surface area contributed by atoms with Gasteiger partial charge in [-0.25, -0.2) is 9.38 Å². The zero-order valence-electron chi connectivity index (χ0n) is 14.1. The highest BCUT2D eigenvalue weighted by Gasteiger charge is 2.34. The Morgan fingerprint density at radius 2 is 1.79 bits per heavy atom. The number of alkyl halides is 1. The van der Waals surface area contributed by atoms with Crippen molar-refractivity contribution in [3.63, 3.8) is 0 Å². The van der Waals surface area contributed by atoms with Crippen LogP contribution in [-0.2, 0) is 9.59 Å². The van der Waals surface area contributed by atoms with Crippen molar-refractivity contribution in [2.75, 3.05) is 26.2 Å². The van der Waals surface area contributed by atoms with Crippen LogP contribution in [0.3, 0.4) is 0 Å². The van der Waals surface area contributed by atoms with Gasteiger partial charge in [0.2, 0.25) is 18.0 Å². The second-order valence-corrected chi connectivity index (χ2v) is 6.76. The molecule has 24 heavy (non-hydrogen) atoms. The lowest BCUT2D eigenvalue weighted by Crippen LogP contribution is -2.52. The highest BCUT2D eigenvalue weighted by molar-refractivity contribution is 6.18. The van der Waals surface area contributed by atoms with Crippen LogP contribution < -0.4 is 0 Å². The fourth-order valence-corrected chi connectivity index (χ4v) is 3.25. The molecule has 0 aromatic carbocycles. The molecule has 0 saturated carbocycles. The van der Waals surface area contributed by atoms with E-state index in [0.29, 0.717) is 26.2 Å². The zero-order chi connectivity index (χ0) is 17.3. The molecule has 0 spiro atoms. The van der Waals surface area contributed by atoms with E-state index in [1.807, 2.05) is 23.6 Å². The summed E-state index contributed by atoms with van der Waals surface area (Å²) in [5, 5.41) is 0. The summed E-state index contributed by atoms with van der Waals surface area (Å²) in [5.41, 5.74) is 0.237. The first-order valence-electron chi connectivity index (χ1n) is 8.51. The Bertz CT molecular complexity index is 610. The minimum Gasteiger partial charge on any atom is -0.339 e. The van der Waals surface area contributed by atoms with Gasteiger partial charge in [-0.1, -0.05) is 26.0 Å². The first kappa shape index (κ1) is 16.8. The van der Waals surface area contributed by atoms with E-state index in [1.54, 1.807) is 0 Å². The minimum atomic E-state index is -1.73. The summed E-state index contributed by atoms with van der Waals surface area (Å²) in [7, 11) is 0. The van der Waals surface area contributed by atoms with Crippen LogP contribution >= 0.6 is 0 Å². The number of carbonyl (C=O) groups is 2. The normalized spacial score (nSPS) is 25.3. The summed E-state index contributed by atoms with van der Waals surface area (Å²) in [5.74, 6) is -0.377. The van der Waals surface area contributed by atoms with E-state index < -0.39 is 12.1 Å². The van der Waals surface area contributed by atoms with Crippen LogP contribution in [-0.4, -0.2) is 65.6 Å². The average molecular weight is 334 g/mol. The van der Waals surface area contributed by atoms with Crippen molar-refractivity contribution in [2.24, 2.45) is 21.8 Å². The van der Waals surface area contributed by atoms with Crippen LogP contribution in [0.1, 0.15) is 26.7 Å². The summed E-state index contributed by atoms with van der Waals surface area (Å²) in [6, 6.07) is 0. The Morgan fingerprint density at radius 1 is 1.17 bits per heavy atom. The molecular weight excluding hydrogens is 311 g/mol. The van der Waals surface area contributed by atoms with E-state index in [4.69, 9.17) is 0 Å². The maximum atomic E-state index is 13.9. The van der Waals surface area contributed by atoms with Gasteiger partial charge < -0.3 is 9.80 Å². The van der Waals surface area contributed by atoms with Gasteiger partial charge in [0.1, 0.15) is 0 Å². The van der Waals surface area contributed by atoms with E-state index in [9.17, 15) is 14.0 Å². The van der Waals surface area contributed by atoms with Crippen molar-refractivity contribution in [3.05, 3.63) is 12.2 Å². The molecule has 1 saturated heterocycles. The highest BCUT2D eigenvalue weighted by atomic mass is 19.1. The van der Waals surface area contributed by atoms with Crippen molar-refractivity contribution >= 4 is 23.5 Å². The summed E-state index contributed by atoms with van der Waals surface area (Å²) in [6.07, 6.45) is 4.01. The number of allylic oxidation sites excluding steroid dienone is 2. The monoisotopic (exact) mass is 334 g/mol. The lowest BCUT2D eigenvalue weighted by molar-refractivity contribution is -0.136. The molecule has 130 valence electrons. The lowest BCUT2D eigenvalue weighted by atomic mass is 10.0. The summed E-state index contributed by atoms with van der Waals surface area (Å²) < 4.78 is 13.9. The van der Waals surface area contributed by atoms with E-state index in [2.05, 4.69) is 22.1 Å². The number of aliphatic imine (C=N–C) groups is 2. The molecule has 2 amide bonds. The number of amides is 2. The largest absolute Gasteiger partial charge is 0.339 e. The smallest absolute Gasteiger partial charge is 0.289 e. The van der Waals surface area contributed by atoms with Gasteiger partial charge in [0.15, 0.2) is 0 Å². The van der Waals surface area contributed by atoms with E-state index in [0.717, 1.165) is 12.8 Å². The first-order valence-corrected chi connectivity index (χ1v) is 8.51. The Hall–Kier alpha value is -2.05. The maximum absolute atomic E-state index is 13.9. The van der Waals surface area contributed by atoms with Gasteiger partial charge in [-0.05, 0) is 18.8 Å². The number of rotatable bonds is 2.